The van der Waals surface area contributed by atoms with Crippen LogP contribution in [-0.4, -0.2) is 75.9 Å². The maximum absolute atomic E-state index is 12.2. The number of hydrogen-bond acceptors (Lipinski definition) is 4. The number of hydrogen-bond donors (Lipinski definition) is 2. The Morgan fingerprint density at radius 2 is 2.12 bits per heavy atom. The Morgan fingerprint density at radius 3 is 2.84 bits per heavy atom. The Bertz CT molecular complexity index is 405. The smallest absolute Gasteiger partial charge is 0.244 e. The summed E-state index contributed by atoms with van der Waals surface area (Å²) in [4.78, 5) is 18.5. The molecular formula is C18H34N4O3. The summed E-state index contributed by atoms with van der Waals surface area (Å²) in [5, 5.41) is 6.46. The van der Waals surface area contributed by atoms with Crippen LogP contribution >= 0.6 is 0 Å². The number of likely N-dealkylation sites (tertiary alicyclic amines) is 1. The van der Waals surface area contributed by atoms with Crippen LogP contribution in [0.3, 0.4) is 0 Å². The summed E-state index contributed by atoms with van der Waals surface area (Å²) >= 11 is 0. The molecule has 2 fully saturated rings. The third-order valence-corrected chi connectivity index (χ3v) is 4.56. The molecule has 7 heteroatoms. The molecule has 2 saturated heterocycles. The Morgan fingerprint density at radius 1 is 1.28 bits per heavy atom. The summed E-state index contributed by atoms with van der Waals surface area (Å²) in [6, 6.07) is 0. The molecule has 2 aliphatic heterocycles. The number of carbonyl (C=O) groups excluding carboxylic acids is 1. The van der Waals surface area contributed by atoms with Crippen molar-refractivity contribution < 1.29 is 14.3 Å². The molecule has 0 aromatic rings. The van der Waals surface area contributed by atoms with Gasteiger partial charge in [0.05, 0.1) is 13.2 Å². The van der Waals surface area contributed by atoms with E-state index in [4.69, 9.17) is 9.47 Å². The Kier molecular flexibility index (Phi) is 9.66. The summed E-state index contributed by atoms with van der Waals surface area (Å²) in [5.74, 6) is 1.39. The first-order valence-electron chi connectivity index (χ1n) is 9.75. The van der Waals surface area contributed by atoms with Crippen molar-refractivity contribution in [1.82, 2.24) is 15.5 Å². The fourth-order valence-electron chi connectivity index (χ4n) is 3.08. The quantitative estimate of drug-likeness (QED) is 0.367. The number of aliphatic imine (C=N–C) groups is 1. The SMILES string of the molecule is CCNC(=NCC(=O)N1CCCCC1)NCCCOCC1CCOC1. The molecule has 1 atom stereocenters. The predicted molar refractivity (Wildman–Crippen MR) is 98.8 cm³/mol. The van der Waals surface area contributed by atoms with Gasteiger partial charge in [0.15, 0.2) is 5.96 Å². The van der Waals surface area contributed by atoms with Crippen LogP contribution in [0.1, 0.15) is 39.0 Å². The van der Waals surface area contributed by atoms with E-state index >= 15 is 0 Å². The molecule has 1 amide bonds. The molecule has 0 aromatic heterocycles. The summed E-state index contributed by atoms with van der Waals surface area (Å²) in [6.45, 7) is 8.78. The lowest BCUT2D eigenvalue weighted by Gasteiger charge is -2.26. The zero-order valence-electron chi connectivity index (χ0n) is 15.6. The van der Waals surface area contributed by atoms with Gasteiger partial charge < -0.3 is 25.0 Å². The minimum absolute atomic E-state index is 0.124. The van der Waals surface area contributed by atoms with E-state index in [2.05, 4.69) is 15.6 Å². The van der Waals surface area contributed by atoms with Crippen LogP contribution in [0.15, 0.2) is 4.99 Å². The third-order valence-electron chi connectivity index (χ3n) is 4.56. The van der Waals surface area contributed by atoms with Crippen LogP contribution in [0, 0.1) is 5.92 Å². The van der Waals surface area contributed by atoms with E-state index in [0.29, 0.717) is 11.9 Å². The molecule has 0 aliphatic carbocycles. The molecule has 7 nitrogen and oxygen atoms in total. The lowest BCUT2D eigenvalue weighted by Crippen LogP contribution is -2.41. The van der Waals surface area contributed by atoms with Crippen molar-refractivity contribution in [3.05, 3.63) is 0 Å². The van der Waals surface area contributed by atoms with E-state index in [1.807, 2.05) is 11.8 Å². The molecule has 0 spiro atoms. The number of rotatable bonds is 9. The topological polar surface area (TPSA) is 75.2 Å². The van der Waals surface area contributed by atoms with Gasteiger partial charge in [-0.25, -0.2) is 4.99 Å². The van der Waals surface area contributed by atoms with E-state index < -0.39 is 0 Å². The van der Waals surface area contributed by atoms with E-state index in [-0.39, 0.29) is 12.5 Å². The second-order valence-electron chi connectivity index (χ2n) is 6.72. The third kappa shape index (κ3) is 8.05. The summed E-state index contributed by atoms with van der Waals surface area (Å²) in [7, 11) is 0. The average molecular weight is 354 g/mol. The maximum atomic E-state index is 12.2. The number of carbonyl (C=O) groups is 1. The first kappa shape index (κ1) is 20.0. The normalized spacial score (nSPS) is 21.4. The van der Waals surface area contributed by atoms with E-state index in [1.165, 1.54) is 6.42 Å². The lowest BCUT2D eigenvalue weighted by molar-refractivity contribution is -0.130. The summed E-state index contributed by atoms with van der Waals surface area (Å²) < 4.78 is 11.0. The van der Waals surface area contributed by atoms with Gasteiger partial charge in [-0.3, -0.25) is 4.79 Å². The van der Waals surface area contributed by atoms with Crippen LogP contribution in [0.4, 0.5) is 0 Å². The fourth-order valence-corrected chi connectivity index (χ4v) is 3.08. The van der Waals surface area contributed by atoms with Gasteiger partial charge in [0.2, 0.25) is 5.91 Å². The number of guanidine groups is 1. The van der Waals surface area contributed by atoms with Gasteiger partial charge in [0.1, 0.15) is 6.54 Å². The van der Waals surface area contributed by atoms with Crippen molar-refractivity contribution in [2.75, 3.05) is 59.2 Å². The molecule has 2 rings (SSSR count). The second kappa shape index (κ2) is 12.1. The van der Waals surface area contributed by atoms with E-state index in [1.54, 1.807) is 0 Å². The molecule has 0 saturated carbocycles. The van der Waals surface area contributed by atoms with Gasteiger partial charge in [-0.2, -0.15) is 0 Å². The number of amides is 1. The van der Waals surface area contributed by atoms with Gasteiger partial charge >= 0.3 is 0 Å². The van der Waals surface area contributed by atoms with Crippen molar-refractivity contribution in [3.8, 4) is 0 Å². The highest BCUT2D eigenvalue weighted by Crippen LogP contribution is 2.12. The van der Waals surface area contributed by atoms with Crippen LogP contribution in [0.2, 0.25) is 0 Å². The van der Waals surface area contributed by atoms with Crippen molar-refractivity contribution in [3.63, 3.8) is 0 Å². The Labute approximate surface area is 151 Å². The van der Waals surface area contributed by atoms with Crippen molar-refractivity contribution in [2.45, 2.75) is 39.0 Å². The molecule has 25 heavy (non-hydrogen) atoms. The van der Waals surface area contributed by atoms with Crippen molar-refractivity contribution in [1.29, 1.82) is 0 Å². The summed E-state index contributed by atoms with van der Waals surface area (Å²) in [5.41, 5.74) is 0. The first-order valence-corrected chi connectivity index (χ1v) is 9.75. The van der Waals surface area contributed by atoms with Gasteiger partial charge in [0, 0.05) is 45.3 Å². The molecule has 2 heterocycles. The van der Waals surface area contributed by atoms with Gasteiger partial charge in [-0.05, 0) is 39.0 Å². The number of nitrogens with one attached hydrogen (secondary N) is 2. The molecule has 2 aliphatic rings. The Hall–Kier alpha value is -1.34. The minimum Gasteiger partial charge on any atom is -0.381 e. The number of nitrogens with zero attached hydrogens (tertiary/aromatic N) is 2. The zero-order valence-corrected chi connectivity index (χ0v) is 15.6. The molecule has 0 aromatic carbocycles. The lowest BCUT2D eigenvalue weighted by atomic mass is 10.1. The number of ether oxygens (including phenoxy) is 2. The molecule has 2 N–H and O–H groups in total. The minimum atomic E-state index is 0.124. The molecular weight excluding hydrogens is 320 g/mol. The fraction of sp³-hybridized carbons (Fsp3) is 0.889. The highest BCUT2D eigenvalue weighted by Gasteiger charge is 2.16. The average Bonchev–Trinajstić information content (AvgIpc) is 3.16. The van der Waals surface area contributed by atoms with Crippen molar-refractivity contribution >= 4 is 11.9 Å². The monoisotopic (exact) mass is 354 g/mol. The maximum Gasteiger partial charge on any atom is 0.244 e. The molecule has 0 bridgehead atoms. The molecule has 0 radical (unpaired) electrons. The van der Waals surface area contributed by atoms with Crippen LogP contribution in [0.25, 0.3) is 0 Å². The highest BCUT2D eigenvalue weighted by molar-refractivity contribution is 5.84. The first-order chi connectivity index (χ1) is 12.3. The van der Waals surface area contributed by atoms with Crippen LogP contribution < -0.4 is 10.6 Å². The summed E-state index contributed by atoms with van der Waals surface area (Å²) in [6.07, 6.45) is 5.48. The largest absolute Gasteiger partial charge is 0.381 e. The Balaban J connectivity index is 1.58. The highest BCUT2D eigenvalue weighted by atomic mass is 16.5. The number of piperidine rings is 1. The second-order valence-corrected chi connectivity index (χ2v) is 6.72. The molecule has 1 unspecified atom stereocenters. The van der Waals surface area contributed by atoms with E-state index in [0.717, 1.165) is 78.3 Å². The standard InChI is InChI=1S/C18H34N4O3/c1-2-19-18(21-13-17(23)22-9-4-3-5-10-22)20-8-6-11-24-14-16-7-12-25-15-16/h16H,2-15H2,1H3,(H2,19,20,21). The van der Waals surface area contributed by atoms with Crippen LogP contribution in [0.5, 0.6) is 0 Å². The molecule has 144 valence electrons. The van der Waals surface area contributed by atoms with Crippen LogP contribution in [-0.2, 0) is 14.3 Å². The zero-order chi connectivity index (χ0) is 17.7. The van der Waals surface area contributed by atoms with Gasteiger partial charge in [0.25, 0.3) is 0 Å². The van der Waals surface area contributed by atoms with Gasteiger partial charge in [-0.15, -0.1) is 0 Å². The van der Waals surface area contributed by atoms with Gasteiger partial charge in [-0.1, -0.05) is 0 Å². The van der Waals surface area contributed by atoms with E-state index in [9.17, 15) is 4.79 Å². The van der Waals surface area contributed by atoms with Crippen molar-refractivity contribution in [2.24, 2.45) is 10.9 Å². The predicted octanol–water partition coefficient (Wildman–Crippen LogP) is 0.997.